The third kappa shape index (κ3) is 2.31. The number of hydrogen-bond acceptors (Lipinski definition) is 3. The fourth-order valence-electron chi connectivity index (χ4n) is 2.35. The van der Waals surface area contributed by atoms with Gasteiger partial charge in [0.25, 0.3) is 5.56 Å². The molecule has 2 heterocycles. The Labute approximate surface area is 127 Å². The normalized spacial score (nSPS) is 10.4. The lowest BCUT2D eigenvalue weighted by Crippen LogP contribution is -2.16. The van der Waals surface area contributed by atoms with Crippen molar-refractivity contribution in [3.63, 3.8) is 0 Å². The van der Waals surface area contributed by atoms with Crippen molar-refractivity contribution in [2.75, 3.05) is 0 Å². The van der Waals surface area contributed by atoms with E-state index in [-0.39, 0.29) is 5.56 Å². The number of nitrogens with one attached hydrogen (secondary N) is 1. The highest BCUT2D eigenvalue weighted by atomic mass is 16.1. The van der Waals surface area contributed by atoms with Gasteiger partial charge in [-0.05, 0) is 43.2 Å². The average molecular weight is 290 g/mol. The molecule has 2 aromatic heterocycles. The third-order valence-electron chi connectivity index (χ3n) is 3.50. The van der Waals surface area contributed by atoms with Gasteiger partial charge in [-0.2, -0.15) is 5.26 Å². The maximum atomic E-state index is 12.7. The second-order valence-electron chi connectivity index (χ2n) is 5.14. The van der Waals surface area contributed by atoms with E-state index in [0.717, 1.165) is 16.8 Å². The molecular formula is C17H14N4O. The number of aromatic amines is 1. The van der Waals surface area contributed by atoms with Gasteiger partial charge < -0.3 is 0 Å². The van der Waals surface area contributed by atoms with Crippen LogP contribution in [0.5, 0.6) is 0 Å². The van der Waals surface area contributed by atoms with Crippen LogP contribution in [0.3, 0.4) is 0 Å². The van der Waals surface area contributed by atoms with Gasteiger partial charge in [0.15, 0.2) is 5.82 Å². The maximum absolute atomic E-state index is 12.7. The summed E-state index contributed by atoms with van der Waals surface area (Å²) in [5.74, 6) is 0.554. The standard InChI is InChI=1S/C17H14N4O/c1-11-3-8-15(19-10-11)21-17(22)16(12(2)20-21)14-6-4-13(9-18)5-7-14/h3-8,10,20H,1-2H3. The van der Waals surface area contributed by atoms with Crippen molar-refractivity contribution in [2.24, 2.45) is 0 Å². The number of aryl methyl sites for hydroxylation is 2. The Kier molecular flexibility index (Phi) is 3.36. The molecule has 22 heavy (non-hydrogen) atoms. The van der Waals surface area contributed by atoms with Gasteiger partial charge in [0.1, 0.15) is 0 Å². The Hall–Kier alpha value is -3.13. The van der Waals surface area contributed by atoms with Crippen LogP contribution in [0.2, 0.25) is 0 Å². The van der Waals surface area contributed by atoms with Gasteiger partial charge in [-0.3, -0.25) is 9.89 Å². The van der Waals surface area contributed by atoms with Crippen LogP contribution >= 0.6 is 0 Å². The molecule has 0 aliphatic heterocycles. The predicted octanol–water partition coefficient (Wildman–Crippen LogP) is 2.72. The highest BCUT2D eigenvalue weighted by molar-refractivity contribution is 5.66. The van der Waals surface area contributed by atoms with Crippen molar-refractivity contribution in [3.8, 4) is 23.0 Å². The summed E-state index contributed by atoms with van der Waals surface area (Å²) in [5, 5.41) is 11.9. The summed E-state index contributed by atoms with van der Waals surface area (Å²) < 4.78 is 1.43. The van der Waals surface area contributed by atoms with Gasteiger partial charge in [0, 0.05) is 11.9 Å². The molecule has 0 unspecified atom stereocenters. The molecular weight excluding hydrogens is 276 g/mol. The molecule has 0 spiro atoms. The number of hydrogen-bond donors (Lipinski definition) is 1. The molecule has 1 N–H and O–H groups in total. The number of H-pyrrole nitrogens is 1. The van der Waals surface area contributed by atoms with Crippen molar-refractivity contribution in [1.29, 1.82) is 5.26 Å². The highest BCUT2D eigenvalue weighted by Crippen LogP contribution is 2.20. The molecule has 0 atom stereocenters. The van der Waals surface area contributed by atoms with Crippen LogP contribution in [0.4, 0.5) is 0 Å². The first-order valence-corrected chi connectivity index (χ1v) is 6.85. The molecule has 1 aromatic carbocycles. The van der Waals surface area contributed by atoms with Crippen LogP contribution in [0, 0.1) is 25.2 Å². The summed E-state index contributed by atoms with van der Waals surface area (Å²) in [4.78, 5) is 16.9. The van der Waals surface area contributed by atoms with E-state index < -0.39 is 0 Å². The predicted molar refractivity (Wildman–Crippen MR) is 83.8 cm³/mol. The van der Waals surface area contributed by atoms with Crippen LogP contribution in [-0.2, 0) is 0 Å². The zero-order chi connectivity index (χ0) is 15.7. The van der Waals surface area contributed by atoms with Crippen molar-refractivity contribution >= 4 is 0 Å². The fraction of sp³-hybridized carbons (Fsp3) is 0.118. The highest BCUT2D eigenvalue weighted by Gasteiger charge is 2.14. The van der Waals surface area contributed by atoms with Gasteiger partial charge in [-0.1, -0.05) is 18.2 Å². The first-order valence-electron chi connectivity index (χ1n) is 6.85. The maximum Gasteiger partial charge on any atom is 0.280 e. The quantitative estimate of drug-likeness (QED) is 0.788. The first kappa shape index (κ1) is 13.8. The lowest BCUT2D eigenvalue weighted by atomic mass is 10.1. The van der Waals surface area contributed by atoms with E-state index in [1.807, 2.05) is 19.9 Å². The van der Waals surface area contributed by atoms with Crippen LogP contribution in [0.15, 0.2) is 47.4 Å². The Morgan fingerprint density at radius 2 is 1.86 bits per heavy atom. The zero-order valence-corrected chi connectivity index (χ0v) is 12.3. The number of rotatable bonds is 2. The van der Waals surface area contributed by atoms with Gasteiger partial charge in [0.2, 0.25) is 0 Å². The van der Waals surface area contributed by atoms with Crippen molar-refractivity contribution in [3.05, 3.63) is 69.8 Å². The molecule has 0 aliphatic rings. The molecule has 0 radical (unpaired) electrons. The molecule has 0 saturated heterocycles. The van der Waals surface area contributed by atoms with Crippen molar-refractivity contribution in [1.82, 2.24) is 14.8 Å². The summed E-state index contributed by atoms with van der Waals surface area (Å²) in [6, 6.07) is 12.7. The minimum atomic E-state index is -0.154. The van der Waals surface area contributed by atoms with Crippen LogP contribution in [-0.4, -0.2) is 14.8 Å². The summed E-state index contributed by atoms with van der Waals surface area (Å²) >= 11 is 0. The second-order valence-corrected chi connectivity index (χ2v) is 5.14. The third-order valence-corrected chi connectivity index (χ3v) is 3.50. The number of nitriles is 1. The van der Waals surface area contributed by atoms with Gasteiger partial charge in [-0.25, -0.2) is 9.67 Å². The van der Waals surface area contributed by atoms with E-state index in [1.165, 1.54) is 4.68 Å². The summed E-state index contributed by atoms with van der Waals surface area (Å²) in [6.45, 7) is 3.79. The Balaban J connectivity index is 2.12. The molecule has 0 amide bonds. The van der Waals surface area contributed by atoms with Gasteiger partial charge in [0.05, 0.1) is 17.2 Å². The molecule has 108 valence electrons. The molecule has 0 fully saturated rings. The molecule has 5 heteroatoms. The Morgan fingerprint density at radius 1 is 1.14 bits per heavy atom. The molecule has 0 saturated carbocycles. The SMILES string of the molecule is Cc1ccc(-n2[nH]c(C)c(-c3ccc(C#N)cc3)c2=O)nc1. The number of benzene rings is 1. The number of pyridine rings is 1. The van der Waals surface area contributed by atoms with Crippen LogP contribution in [0.25, 0.3) is 16.9 Å². The van der Waals surface area contributed by atoms with Crippen molar-refractivity contribution < 1.29 is 0 Å². The minimum Gasteiger partial charge on any atom is -0.293 e. The van der Waals surface area contributed by atoms with E-state index in [4.69, 9.17) is 5.26 Å². The summed E-state index contributed by atoms with van der Waals surface area (Å²) in [5.41, 5.74) is 3.58. The monoisotopic (exact) mass is 290 g/mol. The Morgan fingerprint density at radius 3 is 2.45 bits per heavy atom. The summed E-state index contributed by atoms with van der Waals surface area (Å²) in [7, 11) is 0. The molecule has 5 nitrogen and oxygen atoms in total. The van der Waals surface area contributed by atoms with E-state index in [9.17, 15) is 4.79 Å². The molecule has 3 aromatic rings. The second kappa shape index (κ2) is 5.34. The zero-order valence-electron chi connectivity index (χ0n) is 12.3. The molecule has 3 rings (SSSR count). The summed E-state index contributed by atoms with van der Waals surface area (Å²) in [6.07, 6.45) is 1.72. The van der Waals surface area contributed by atoms with E-state index >= 15 is 0 Å². The van der Waals surface area contributed by atoms with Gasteiger partial charge >= 0.3 is 0 Å². The van der Waals surface area contributed by atoms with E-state index in [2.05, 4.69) is 16.2 Å². The minimum absolute atomic E-state index is 0.154. The number of aromatic nitrogens is 3. The van der Waals surface area contributed by atoms with E-state index in [0.29, 0.717) is 16.9 Å². The number of nitrogens with zero attached hydrogens (tertiary/aromatic N) is 3. The van der Waals surface area contributed by atoms with E-state index in [1.54, 1.807) is 36.5 Å². The van der Waals surface area contributed by atoms with Crippen LogP contribution in [0.1, 0.15) is 16.8 Å². The van der Waals surface area contributed by atoms with Crippen molar-refractivity contribution in [2.45, 2.75) is 13.8 Å². The molecule has 0 bridgehead atoms. The smallest absolute Gasteiger partial charge is 0.280 e. The average Bonchev–Trinajstić information content (AvgIpc) is 2.83. The largest absolute Gasteiger partial charge is 0.293 e. The lowest BCUT2D eigenvalue weighted by Gasteiger charge is -2.00. The van der Waals surface area contributed by atoms with Crippen LogP contribution < -0.4 is 5.56 Å². The van der Waals surface area contributed by atoms with Gasteiger partial charge in [-0.15, -0.1) is 0 Å². The Bertz CT molecular complexity index is 909. The first-order chi connectivity index (χ1) is 10.6. The lowest BCUT2D eigenvalue weighted by molar-refractivity contribution is 0.806. The molecule has 0 aliphatic carbocycles. The fourth-order valence-corrected chi connectivity index (χ4v) is 2.35. The topological polar surface area (TPSA) is 74.5 Å².